The molecule has 0 aliphatic carbocycles. The Morgan fingerprint density at radius 3 is 2.33 bits per heavy atom. The molecule has 0 atom stereocenters. The summed E-state index contributed by atoms with van der Waals surface area (Å²) in [5.41, 5.74) is 3.87. The molecule has 1 rings (SSSR count). The van der Waals surface area contributed by atoms with Crippen LogP contribution in [0.4, 0.5) is 0 Å². The van der Waals surface area contributed by atoms with Crippen molar-refractivity contribution in [3.05, 3.63) is 28.8 Å². The molecule has 1 aromatic carbocycles. The molecule has 98 valence electrons. The lowest BCUT2D eigenvalue weighted by molar-refractivity contribution is 0.493. The third-order valence-electron chi connectivity index (χ3n) is 1.76. The molecule has 0 N–H and O–H groups in total. The van der Waals surface area contributed by atoms with Gasteiger partial charge in [0.2, 0.25) is 0 Å². The van der Waals surface area contributed by atoms with Gasteiger partial charge in [0, 0.05) is 11.6 Å². The standard InChI is InChI=1S/C12H15ClO3SSi/c1-17(14,15)16-11-6-5-10(12(13)9-11)7-8-18(2,3)4/h5-6,9H,1-4H3. The summed E-state index contributed by atoms with van der Waals surface area (Å²) in [7, 11) is -4.99. The third kappa shape index (κ3) is 5.58. The summed E-state index contributed by atoms with van der Waals surface area (Å²) in [6.07, 6.45) is 0.986. The van der Waals surface area contributed by atoms with Crippen LogP contribution in [0.15, 0.2) is 18.2 Å². The van der Waals surface area contributed by atoms with Crippen molar-refractivity contribution in [2.24, 2.45) is 0 Å². The molecule has 0 saturated carbocycles. The van der Waals surface area contributed by atoms with Crippen LogP contribution in [0, 0.1) is 11.5 Å². The highest BCUT2D eigenvalue weighted by Gasteiger charge is 2.09. The van der Waals surface area contributed by atoms with Crippen LogP contribution in [0.3, 0.4) is 0 Å². The zero-order valence-corrected chi connectivity index (χ0v) is 13.3. The molecule has 0 bridgehead atoms. The second-order valence-electron chi connectivity index (χ2n) is 4.93. The molecule has 3 nitrogen and oxygen atoms in total. The van der Waals surface area contributed by atoms with E-state index in [1.54, 1.807) is 12.1 Å². The highest BCUT2D eigenvalue weighted by atomic mass is 35.5. The zero-order chi connectivity index (χ0) is 14.0. The van der Waals surface area contributed by atoms with Crippen molar-refractivity contribution < 1.29 is 12.6 Å². The predicted octanol–water partition coefficient (Wildman–Crippen LogP) is 2.91. The van der Waals surface area contributed by atoms with E-state index >= 15 is 0 Å². The highest BCUT2D eigenvalue weighted by molar-refractivity contribution is 7.86. The van der Waals surface area contributed by atoms with E-state index in [0.29, 0.717) is 10.6 Å². The Labute approximate surface area is 114 Å². The molecule has 0 radical (unpaired) electrons. The SMILES string of the molecule is C[Si](C)(C)C#Cc1ccc(OS(C)(=O)=O)cc1Cl. The molecule has 0 aliphatic heterocycles. The predicted molar refractivity (Wildman–Crippen MR) is 77.1 cm³/mol. The van der Waals surface area contributed by atoms with Gasteiger partial charge in [-0.15, -0.1) is 5.54 Å². The molecule has 18 heavy (non-hydrogen) atoms. The molecular weight excluding hydrogens is 288 g/mol. The number of hydrogen-bond acceptors (Lipinski definition) is 3. The minimum absolute atomic E-state index is 0.195. The average Bonchev–Trinajstić information content (AvgIpc) is 2.12. The molecule has 0 unspecified atom stereocenters. The van der Waals surface area contributed by atoms with Crippen LogP contribution < -0.4 is 4.18 Å². The van der Waals surface area contributed by atoms with Gasteiger partial charge in [0.1, 0.15) is 13.8 Å². The molecule has 0 fully saturated rings. The van der Waals surface area contributed by atoms with Gasteiger partial charge in [0.05, 0.1) is 11.3 Å². The van der Waals surface area contributed by atoms with Gasteiger partial charge >= 0.3 is 10.1 Å². The Balaban J connectivity index is 3.03. The first-order valence-corrected chi connectivity index (χ1v) is 11.0. The summed E-state index contributed by atoms with van der Waals surface area (Å²) in [5, 5.41) is 0.391. The van der Waals surface area contributed by atoms with E-state index in [1.807, 2.05) is 0 Å². The molecular formula is C12H15ClO3SSi. The smallest absolute Gasteiger partial charge is 0.306 e. The van der Waals surface area contributed by atoms with Crippen molar-refractivity contribution in [3.8, 4) is 17.2 Å². The minimum atomic E-state index is -3.53. The highest BCUT2D eigenvalue weighted by Crippen LogP contribution is 2.23. The van der Waals surface area contributed by atoms with E-state index < -0.39 is 18.2 Å². The molecule has 0 heterocycles. The number of halogens is 1. The Kier molecular flexibility index (Phi) is 4.49. The third-order valence-corrected chi connectivity index (χ3v) is 3.44. The Morgan fingerprint density at radius 1 is 1.28 bits per heavy atom. The van der Waals surface area contributed by atoms with E-state index in [2.05, 4.69) is 31.1 Å². The van der Waals surface area contributed by atoms with Crippen LogP contribution in [-0.4, -0.2) is 22.7 Å². The van der Waals surface area contributed by atoms with Crippen molar-refractivity contribution in [3.63, 3.8) is 0 Å². The lowest BCUT2D eigenvalue weighted by Crippen LogP contribution is -2.16. The normalized spacial score (nSPS) is 11.6. The van der Waals surface area contributed by atoms with Gasteiger partial charge < -0.3 is 4.18 Å². The van der Waals surface area contributed by atoms with Crippen molar-refractivity contribution in [2.75, 3.05) is 6.26 Å². The van der Waals surface area contributed by atoms with Crippen LogP contribution in [0.5, 0.6) is 5.75 Å². The lowest BCUT2D eigenvalue weighted by Gasteiger charge is -2.05. The van der Waals surface area contributed by atoms with Crippen molar-refractivity contribution >= 4 is 29.8 Å². The van der Waals surface area contributed by atoms with Gasteiger partial charge in [-0.1, -0.05) is 37.2 Å². The maximum atomic E-state index is 11.0. The summed E-state index contributed by atoms with van der Waals surface area (Å²) in [5.74, 6) is 3.21. The second kappa shape index (κ2) is 5.35. The average molecular weight is 303 g/mol. The molecule has 0 saturated heterocycles. The van der Waals surface area contributed by atoms with E-state index in [0.717, 1.165) is 6.26 Å². The fourth-order valence-electron chi connectivity index (χ4n) is 1.08. The molecule has 6 heteroatoms. The van der Waals surface area contributed by atoms with Crippen LogP contribution in [-0.2, 0) is 10.1 Å². The second-order valence-corrected chi connectivity index (χ2v) is 11.7. The quantitative estimate of drug-likeness (QED) is 0.479. The summed E-state index contributed by atoms with van der Waals surface area (Å²) in [6.45, 7) is 6.40. The molecule has 0 aromatic heterocycles. The molecule has 1 aromatic rings. The lowest BCUT2D eigenvalue weighted by atomic mass is 10.2. The zero-order valence-electron chi connectivity index (χ0n) is 10.7. The van der Waals surface area contributed by atoms with Gasteiger partial charge in [-0.3, -0.25) is 0 Å². The summed E-state index contributed by atoms with van der Waals surface area (Å²) < 4.78 is 26.7. The maximum absolute atomic E-state index is 11.0. The van der Waals surface area contributed by atoms with E-state index in [1.165, 1.54) is 6.07 Å². The number of benzene rings is 1. The first-order valence-electron chi connectivity index (χ1n) is 5.29. The first kappa shape index (κ1) is 15.1. The number of hydrogen-bond donors (Lipinski definition) is 0. The van der Waals surface area contributed by atoms with Gasteiger partial charge in [0.15, 0.2) is 0 Å². The van der Waals surface area contributed by atoms with E-state index in [4.69, 9.17) is 15.8 Å². The first-order chi connectivity index (χ1) is 8.07. The summed E-state index contributed by atoms with van der Waals surface area (Å²) in [4.78, 5) is 0. The topological polar surface area (TPSA) is 43.4 Å². The Bertz CT molecular complexity index is 606. The van der Waals surface area contributed by atoms with E-state index in [-0.39, 0.29) is 5.75 Å². The Morgan fingerprint density at radius 2 is 1.89 bits per heavy atom. The van der Waals surface area contributed by atoms with Crippen molar-refractivity contribution in [1.82, 2.24) is 0 Å². The van der Waals surface area contributed by atoms with Gasteiger partial charge in [-0.25, -0.2) is 0 Å². The van der Waals surface area contributed by atoms with Crippen LogP contribution in [0.2, 0.25) is 24.7 Å². The molecule has 0 spiro atoms. The monoisotopic (exact) mass is 302 g/mol. The van der Waals surface area contributed by atoms with Gasteiger partial charge in [-0.2, -0.15) is 8.42 Å². The fourth-order valence-corrected chi connectivity index (χ4v) is 2.26. The van der Waals surface area contributed by atoms with Crippen LogP contribution >= 0.6 is 11.6 Å². The van der Waals surface area contributed by atoms with Crippen molar-refractivity contribution in [2.45, 2.75) is 19.6 Å². The summed E-state index contributed by atoms with van der Waals surface area (Å²) in [6, 6.07) is 4.66. The fraction of sp³-hybridized carbons (Fsp3) is 0.333. The summed E-state index contributed by atoms with van der Waals surface area (Å²) >= 11 is 6.03. The largest absolute Gasteiger partial charge is 0.383 e. The van der Waals surface area contributed by atoms with Crippen molar-refractivity contribution in [1.29, 1.82) is 0 Å². The number of rotatable bonds is 2. The minimum Gasteiger partial charge on any atom is -0.383 e. The van der Waals surface area contributed by atoms with Gasteiger partial charge in [0.25, 0.3) is 0 Å². The maximum Gasteiger partial charge on any atom is 0.306 e. The Hall–Kier alpha value is -0.963. The van der Waals surface area contributed by atoms with E-state index in [9.17, 15) is 8.42 Å². The van der Waals surface area contributed by atoms with Crippen LogP contribution in [0.25, 0.3) is 0 Å². The van der Waals surface area contributed by atoms with Gasteiger partial charge in [-0.05, 0) is 12.1 Å². The molecule has 0 amide bonds. The van der Waals surface area contributed by atoms with Crippen LogP contribution in [0.1, 0.15) is 5.56 Å². The molecule has 0 aliphatic rings.